The van der Waals surface area contributed by atoms with Crippen molar-refractivity contribution in [2.45, 2.75) is 51.7 Å². The lowest BCUT2D eigenvalue weighted by molar-refractivity contribution is -0.122. The van der Waals surface area contributed by atoms with Gasteiger partial charge in [-0.25, -0.2) is 0 Å². The smallest absolute Gasteiger partial charge is 0.242 e. The first kappa shape index (κ1) is 15.7. The number of rotatable bonds is 6. The second-order valence-corrected chi connectivity index (χ2v) is 6.00. The second kappa shape index (κ2) is 6.95. The molecule has 23 heavy (non-hydrogen) atoms. The molecule has 124 valence electrons. The highest BCUT2D eigenvalue weighted by Gasteiger charge is 2.34. The zero-order valence-electron chi connectivity index (χ0n) is 13.6. The van der Waals surface area contributed by atoms with Gasteiger partial charge in [0.05, 0.1) is 12.6 Å². The van der Waals surface area contributed by atoms with E-state index >= 15 is 0 Å². The first-order valence-electron chi connectivity index (χ1n) is 8.14. The lowest BCUT2D eigenvalue weighted by Gasteiger charge is -2.31. The van der Waals surface area contributed by atoms with Gasteiger partial charge in [0, 0.05) is 24.5 Å². The molecule has 2 aromatic rings. The van der Waals surface area contributed by atoms with Gasteiger partial charge in [0.1, 0.15) is 5.76 Å². The van der Waals surface area contributed by atoms with E-state index in [4.69, 9.17) is 4.52 Å². The van der Waals surface area contributed by atoms with Crippen LogP contribution in [-0.4, -0.2) is 44.4 Å². The zero-order chi connectivity index (χ0) is 16.2. The summed E-state index contributed by atoms with van der Waals surface area (Å²) in [6.07, 6.45) is 6.72. The number of nitrogens with zero attached hydrogens (tertiary/aromatic N) is 4. The Morgan fingerprint density at radius 1 is 1.57 bits per heavy atom. The number of carbonyl (C=O) groups excluding carboxylic acids is 1. The average Bonchev–Trinajstić information content (AvgIpc) is 3.25. The Morgan fingerprint density at radius 2 is 2.43 bits per heavy atom. The largest absolute Gasteiger partial charge is 0.360 e. The fraction of sp³-hybridized carbons (Fsp3) is 0.562. The van der Waals surface area contributed by atoms with Crippen LogP contribution in [0.1, 0.15) is 31.9 Å². The van der Waals surface area contributed by atoms with Gasteiger partial charge in [-0.2, -0.15) is 5.10 Å². The van der Waals surface area contributed by atoms with E-state index < -0.39 is 0 Å². The molecule has 2 atom stereocenters. The predicted octanol–water partition coefficient (Wildman–Crippen LogP) is 2.06. The van der Waals surface area contributed by atoms with Crippen LogP contribution in [0.25, 0.3) is 0 Å². The van der Waals surface area contributed by atoms with Crippen molar-refractivity contribution >= 4 is 11.7 Å². The molecule has 3 heterocycles. The molecule has 0 bridgehead atoms. The van der Waals surface area contributed by atoms with Crippen LogP contribution in [0.15, 0.2) is 29.0 Å². The first-order chi connectivity index (χ1) is 11.2. The lowest BCUT2D eigenvalue weighted by Crippen LogP contribution is -2.47. The second-order valence-electron chi connectivity index (χ2n) is 6.00. The van der Waals surface area contributed by atoms with Gasteiger partial charge in [0.25, 0.3) is 0 Å². The molecule has 0 aromatic carbocycles. The predicted molar refractivity (Wildman–Crippen MR) is 85.9 cm³/mol. The summed E-state index contributed by atoms with van der Waals surface area (Å²) in [5.41, 5.74) is 0. The number of hydrogen-bond donors (Lipinski definition) is 1. The highest BCUT2D eigenvalue weighted by molar-refractivity contribution is 5.94. The molecule has 1 saturated heterocycles. The molecule has 0 spiro atoms. The van der Waals surface area contributed by atoms with Crippen molar-refractivity contribution < 1.29 is 9.32 Å². The van der Waals surface area contributed by atoms with Gasteiger partial charge in [-0.05, 0) is 38.8 Å². The Morgan fingerprint density at radius 3 is 3.09 bits per heavy atom. The fourth-order valence-corrected chi connectivity index (χ4v) is 3.29. The summed E-state index contributed by atoms with van der Waals surface area (Å²) in [5, 5.41) is 11.0. The highest BCUT2D eigenvalue weighted by Crippen LogP contribution is 2.24. The molecule has 2 aromatic heterocycles. The summed E-state index contributed by atoms with van der Waals surface area (Å²) in [6, 6.07) is 3.84. The molecule has 1 amide bonds. The number of likely N-dealkylation sites (tertiary alicyclic amines) is 1. The maximum absolute atomic E-state index is 12.6. The van der Waals surface area contributed by atoms with Crippen LogP contribution >= 0.6 is 0 Å². The number of hydrogen-bond acceptors (Lipinski definition) is 5. The van der Waals surface area contributed by atoms with Crippen LogP contribution in [0.4, 0.5) is 5.82 Å². The maximum Gasteiger partial charge on any atom is 0.242 e. The molecule has 0 radical (unpaired) electrons. The summed E-state index contributed by atoms with van der Waals surface area (Å²) in [5.74, 6) is 1.15. The molecule has 7 nitrogen and oxygen atoms in total. The number of amides is 1. The van der Waals surface area contributed by atoms with E-state index in [1.165, 1.54) is 0 Å². The van der Waals surface area contributed by atoms with Crippen LogP contribution in [0.3, 0.4) is 0 Å². The van der Waals surface area contributed by atoms with E-state index in [1.54, 1.807) is 19.2 Å². The first-order valence-corrected chi connectivity index (χ1v) is 8.14. The Balaban J connectivity index is 1.67. The molecule has 1 aliphatic rings. The van der Waals surface area contributed by atoms with Crippen LogP contribution in [0, 0.1) is 6.92 Å². The van der Waals surface area contributed by atoms with E-state index in [-0.39, 0.29) is 11.9 Å². The third-order valence-electron chi connectivity index (χ3n) is 4.35. The van der Waals surface area contributed by atoms with Gasteiger partial charge in [0.2, 0.25) is 5.91 Å². The number of carbonyl (C=O) groups is 1. The van der Waals surface area contributed by atoms with Gasteiger partial charge in [-0.3, -0.25) is 14.4 Å². The minimum absolute atomic E-state index is 0.0202. The topological polar surface area (TPSA) is 76.2 Å². The summed E-state index contributed by atoms with van der Waals surface area (Å²) in [7, 11) is 0. The van der Waals surface area contributed by atoms with Crippen molar-refractivity contribution in [1.82, 2.24) is 19.8 Å². The summed E-state index contributed by atoms with van der Waals surface area (Å²) >= 11 is 0. The van der Waals surface area contributed by atoms with Crippen molar-refractivity contribution in [3.05, 3.63) is 30.3 Å². The van der Waals surface area contributed by atoms with Gasteiger partial charge >= 0.3 is 0 Å². The van der Waals surface area contributed by atoms with Crippen molar-refractivity contribution in [2.75, 3.05) is 11.9 Å². The lowest BCUT2D eigenvalue weighted by atomic mass is 10.1. The van der Waals surface area contributed by atoms with Crippen LogP contribution < -0.4 is 5.32 Å². The molecular formula is C16H23N5O2. The molecule has 1 N–H and O–H groups in total. The van der Waals surface area contributed by atoms with E-state index in [2.05, 4.69) is 20.5 Å². The third kappa shape index (κ3) is 3.61. The molecule has 0 unspecified atom stereocenters. The maximum atomic E-state index is 12.6. The minimum atomic E-state index is -0.157. The van der Waals surface area contributed by atoms with Crippen LogP contribution in [0.5, 0.6) is 0 Å². The summed E-state index contributed by atoms with van der Waals surface area (Å²) < 4.78 is 6.94. The van der Waals surface area contributed by atoms with Gasteiger partial charge in [-0.15, -0.1) is 0 Å². The molecule has 1 aliphatic heterocycles. The summed E-state index contributed by atoms with van der Waals surface area (Å²) in [6.45, 7) is 5.61. The van der Waals surface area contributed by atoms with Crippen molar-refractivity contribution in [3.8, 4) is 0 Å². The van der Waals surface area contributed by atoms with Crippen LogP contribution in [-0.2, 0) is 11.3 Å². The zero-order valence-corrected chi connectivity index (χ0v) is 13.6. The van der Waals surface area contributed by atoms with E-state index in [0.717, 1.165) is 32.4 Å². The van der Waals surface area contributed by atoms with Crippen molar-refractivity contribution in [3.63, 3.8) is 0 Å². The van der Waals surface area contributed by atoms with Gasteiger partial charge in [-0.1, -0.05) is 12.1 Å². The minimum Gasteiger partial charge on any atom is -0.360 e. The van der Waals surface area contributed by atoms with Gasteiger partial charge < -0.3 is 9.84 Å². The molecule has 0 saturated carbocycles. The SMILES string of the molecule is CC[C@H](C(=O)Nc1cc(C)on1)N1CCC[C@H]1Cn1cccn1. The Bertz CT molecular complexity index is 637. The van der Waals surface area contributed by atoms with E-state index in [1.807, 2.05) is 23.9 Å². The quantitative estimate of drug-likeness (QED) is 0.882. The highest BCUT2D eigenvalue weighted by atomic mass is 16.5. The standard InChI is InChI=1S/C16H23N5O2/c1-3-14(16(22)18-15-10-12(2)23-19-15)21-9-4-6-13(21)11-20-8-5-7-17-20/h5,7-8,10,13-14H,3-4,6,9,11H2,1-2H3,(H,18,19,22)/t13-,14+/m0/s1. The fourth-order valence-electron chi connectivity index (χ4n) is 3.29. The Labute approximate surface area is 135 Å². The number of aryl methyl sites for hydroxylation is 1. The molecule has 7 heteroatoms. The Kier molecular flexibility index (Phi) is 4.76. The normalized spacial score (nSPS) is 19.8. The number of aromatic nitrogens is 3. The third-order valence-corrected chi connectivity index (χ3v) is 4.35. The molecule has 1 fully saturated rings. The van der Waals surface area contributed by atoms with Crippen molar-refractivity contribution in [1.29, 1.82) is 0 Å². The van der Waals surface area contributed by atoms with Gasteiger partial charge in [0.15, 0.2) is 5.82 Å². The van der Waals surface area contributed by atoms with Crippen LogP contribution in [0.2, 0.25) is 0 Å². The molecule has 3 rings (SSSR count). The summed E-state index contributed by atoms with van der Waals surface area (Å²) in [4.78, 5) is 14.9. The monoisotopic (exact) mass is 317 g/mol. The Hall–Kier alpha value is -2.15. The average molecular weight is 317 g/mol. The molecule has 0 aliphatic carbocycles. The molecular weight excluding hydrogens is 294 g/mol. The van der Waals surface area contributed by atoms with Crippen molar-refractivity contribution in [2.24, 2.45) is 0 Å². The van der Waals surface area contributed by atoms with E-state index in [0.29, 0.717) is 17.6 Å². The number of anilines is 1. The number of nitrogens with one attached hydrogen (secondary N) is 1. The van der Waals surface area contributed by atoms with E-state index in [9.17, 15) is 4.79 Å².